The van der Waals surface area contributed by atoms with Gasteiger partial charge in [-0.3, -0.25) is 9.59 Å². The summed E-state index contributed by atoms with van der Waals surface area (Å²) >= 11 is 0. The Morgan fingerprint density at radius 1 is 1.24 bits per heavy atom. The van der Waals surface area contributed by atoms with Crippen molar-refractivity contribution in [2.24, 2.45) is 0 Å². The fourth-order valence-corrected chi connectivity index (χ4v) is 1.33. The largest absolute Gasteiger partial charge is 0.480 e. The van der Waals surface area contributed by atoms with E-state index in [0.717, 1.165) is 12.8 Å². The Kier molecular flexibility index (Phi) is 6.93. The molecule has 0 heterocycles. The van der Waals surface area contributed by atoms with Crippen molar-refractivity contribution in [3.8, 4) is 0 Å². The van der Waals surface area contributed by atoms with Gasteiger partial charge in [0.15, 0.2) is 0 Å². The zero-order chi connectivity index (χ0) is 13.4. The minimum atomic E-state index is -1.05. The first-order valence-corrected chi connectivity index (χ1v) is 5.68. The van der Waals surface area contributed by atoms with Crippen molar-refractivity contribution < 1.29 is 19.5 Å². The zero-order valence-electron chi connectivity index (χ0n) is 10.4. The molecule has 98 valence electrons. The van der Waals surface area contributed by atoms with Crippen LogP contribution in [0.15, 0.2) is 0 Å². The Morgan fingerprint density at radius 2 is 1.82 bits per heavy atom. The van der Waals surface area contributed by atoms with Crippen LogP contribution < -0.4 is 10.6 Å². The normalized spacial score (nSPS) is 13.6. The minimum Gasteiger partial charge on any atom is -0.480 e. The molecule has 0 aliphatic carbocycles. The van der Waals surface area contributed by atoms with Gasteiger partial charge < -0.3 is 15.7 Å². The molecule has 0 aliphatic rings. The van der Waals surface area contributed by atoms with Gasteiger partial charge in [0.25, 0.3) is 0 Å². The van der Waals surface area contributed by atoms with Crippen molar-refractivity contribution >= 4 is 17.8 Å². The lowest BCUT2D eigenvalue weighted by Crippen LogP contribution is -2.49. The summed E-state index contributed by atoms with van der Waals surface area (Å²) < 4.78 is 0. The van der Waals surface area contributed by atoms with E-state index in [4.69, 9.17) is 5.11 Å². The maximum atomic E-state index is 11.6. The van der Waals surface area contributed by atoms with Gasteiger partial charge in [-0.05, 0) is 13.3 Å². The highest BCUT2D eigenvalue weighted by atomic mass is 16.4. The first kappa shape index (κ1) is 15.4. The second-order valence-corrected chi connectivity index (χ2v) is 3.96. The average Bonchev–Trinajstić information content (AvgIpc) is 2.22. The summed E-state index contributed by atoms with van der Waals surface area (Å²) in [7, 11) is 0. The molecule has 0 aromatic rings. The second-order valence-electron chi connectivity index (χ2n) is 3.96. The molecule has 0 unspecified atom stereocenters. The van der Waals surface area contributed by atoms with E-state index < -0.39 is 24.0 Å². The van der Waals surface area contributed by atoms with Crippen molar-refractivity contribution in [1.82, 2.24) is 10.6 Å². The molecule has 2 atom stereocenters. The number of carbonyl (C=O) groups is 3. The average molecular weight is 244 g/mol. The predicted molar refractivity (Wildman–Crippen MR) is 62.4 cm³/mol. The van der Waals surface area contributed by atoms with E-state index in [2.05, 4.69) is 10.6 Å². The van der Waals surface area contributed by atoms with Crippen molar-refractivity contribution in [3.63, 3.8) is 0 Å². The van der Waals surface area contributed by atoms with Crippen LogP contribution >= 0.6 is 0 Å². The van der Waals surface area contributed by atoms with Gasteiger partial charge in [0, 0.05) is 6.92 Å². The number of carboxylic acids is 1. The lowest BCUT2D eigenvalue weighted by molar-refractivity contribution is -0.142. The Morgan fingerprint density at radius 3 is 2.24 bits per heavy atom. The van der Waals surface area contributed by atoms with Crippen LogP contribution in [0.25, 0.3) is 0 Å². The van der Waals surface area contributed by atoms with Crippen LogP contribution in [-0.2, 0) is 14.4 Å². The SMILES string of the molecule is CCCC[C@@H](NC(=O)[C@@H](C)NC(C)=O)C(=O)O. The molecule has 0 rings (SSSR count). The Hall–Kier alpha value is -1.59. The summed E-state index contributed by atoms with van der Waals surface area (Å²) in [6.45, 7) is 4.76. The van der Waals surface area contributed by atoms with E-state index in [9.17, 15) is 14.4 Å². The van der Waals surface area contributed by atoms with Crippen molar-refractivity contribution in [3.05, 3.63) is 0 Å². The van der Waals surface area contributed by atoms with E-state index in [-0.39, 0.29) is 5.91 Å². The van der Waals surface area contributed by atoms with Crippen LogP contribution in [0, 0.1) is 0 Å². The second kappa shape index (κ2) is 7.65. The van der Waals surface area contributed by atoms with Gasteiger partial charge in [-0.2, -0.15) is 0 Å². The summed E-state index contributed by atoms with van der Waals surface area (Å²) in [6.07, 6.45) is 1.98. The standard InChI is InChI=1S/C11H20N2O4/c1-4-5-6-9(11(16)17)13-10(15)7(2)12-8(3)14/h7,9H,4-6H2,1-3H3,(H,12,14)(H,13,15)(H,16,17)/t7-,9-/m1/s1. The minimum absolute atomic E-state index is 0.326. The maximum Gasteiger partial charge on any atom is 0.326 e. The highest BCUT2D eigenvalue weighted by molar-refractivity contribution is 5.89. The number of hydrogen-bond donors (Lipinski definition) is 3. The van der Waals surface area contributed by atoms with Gasteiger partial charge in [0.2, 0.25) is 11.8 Å². The Labute approximate surface area is 101 Å². The van der Waals surface area contributed by atoms with Crippen molar-refractivity contribution in [1.29, 1.82) is 0 Å². The molecule has 0 radical (unpaired) electrons. The number of hydrogen-bond acceptors (Lipinski definition) is 3. The molecule has 0 saturated carbocycles. The summed E-state index contributed by atoms with van der Waals surface area (Å²) in [5, 5.41) is 13.7. The lowest BCUT2D eigenvalue weighted by Gasteiger charge is -2.17. The fraction of sp³-hybridized carbons (Fsp3) is 0.727. The molecular formula is C11H20N2O4. The highest BCUT2D eigenvalue weighted by Crippen LogP contribution is 2.01. The number of amides is 2. The topological polar surface area (TPSA) is 95.5 Å². The van der Waals surface area contributed by atoms with Gasteiger partial charge in [-0.25, -0.2) is 4.79 Å². The van der Waals surface area contributed by atoms with Crippen LogP contribution in [-0.4, -0.2) is 35.0 Å². The van der Waals surface area contributed by atoms with Crippen LogP contribution in [0.5, 0.6) is 0 Å². The van der Waals surface area contributed by atoms with Gasteiger partial charge in [0.1, 0.15) is 12.1 Å². The first-order valence-electron chi connectivity index (χ1n) is 5.68. The van der Waals surface area contributed by atoms with E-state index in [1.165, 1.54) is 13.8 Å². The van der Waals surface area contributed by atoms with Crippen LogP contribution in [0.4, 0.5) is 0 Å². The van der Waals surface area contributed by atoms with Crippen LogP contribution in [0.1, 0.15) is 40.0 Å². The fourth-order valence-electron chi connectivity index (χ4n) is 1.33. The summed E-state index contributed by atoms with van der Waals surface area (Å²) in [5.41, 5.74) is 0. The molecule has 0 spiro atoms. The van der Waals surface area contributed by atoms with Crippen molar-refractivity contribution in [2.75, 3.05) is 0 Å². The first-order chi connectivity index (χ1) is 7.88. The summed E-state index contributed by atoms with van der Waals surface area (Å²) in [6, 6.07) is -1.62. The van der Waals surface area contributed by atoms with E-state index >= 15 is 0 Å². The molecule has 3 N–H and O–H groups in total. The molecule has 17 heavy (non-hydrogen) atoms. The van der Waals surface area contributed by atoms with E-state index in [1.807, 2.05) is 6.92 Å². The summed E-state index contributed by atoms with van der Waals surface area (Å²) in [5.74, 6) is -1.86. The molecule has 0 aliphatic heterocycles. The quantitative estimate of drug-likeness (QED) is 0.599. The van der Waals surface area contributed by atoms with E-state index in [0.29, 0.717) is 6.42 Å². The van der Waals surface area contributed by atoms with Crippen molar-refractivity contribution in [2.45, 2.75) is 52.1 Å². The third-order valence-corrected chi connectivity index (χ3v) is 2.27. The van der Waals surface area contributed by atoms with Gasteiger partial charge in [-0.1, -0.05) is 19.8 Å². The smallest absolute Gasteiger partial charge is 0.326 e. The van der Waals surface area contributed by atoms with Crippen LogP contribution in [0.2, 0.25) is 0 Å². The number of carboxylic acid groups (broad SMARTS) is 1. The molecule has 0 aromatic carbocycles. The molecule has 2 amide bonds. The monoisotopic (exact) mass is 244 g/mol. The third-order valence-electron chi connectivity index (χ3n) is 2.27. The molecule has 6 nitrogen and oxygen atoms in total. The highest BCUT2D eigenvalue weighted by Gasteiger charge is 2.22. The Balaban J connectivity index is 4.29. The molecular weight excluding hydrogens is 224 g/mol. The predicted octanol–water partition coefficient (Wildman–Crippen LogP) is 0.271. The third kappa shape index (κ3) is 6.55. The van der Waals surface area contributed by atoms with Gasteiger partial charge >= 0.3 is 5.97 Å². The van der Waals surface area contributed by atoms with Crippen LogP contribution in [0.3, 0.4) is 0 Å². The zero-order valence-corrected chi connectivity index (χ0v) is 10.4. The number of rotatable bonds is 7. The molecule has 0 fully saturated rings. The van der Waals surface area contributed by atoms with Gasteiger partial charge in [0.05, 0.1) is 0 Å². The molecule has 6 heteroatoms. The van der Waals surface area contributed by atoms with Gasteiger partial charge in [-0.15, -0.1) is 0 Å². The molecule has 0 saturated heterocycles. The molecule has 0 bridgehead atoms. The van der Waals surface area contributed by atoms with E-state index in [1.54, 1.807) is 0 Å². The molecule has 0 aromatic heterocycles. The Bertz CT molecular complexity index is 291. The number of aliphatic carboxylic acids is 1. The number of carbonyl (C=O) groups excluding carboxylic acids is 2. The number of nitrogens with one attached hydrogen (secondary N) is 2. The maximum absolute atomic E-state index is 11.6. The lowest BCUT2D eigenvalue weighted by atomic mass is 10.1. The summed E-state index contributed by atoms with van der Waals surface area (Å²) in [4.78, 5) is 33.2. The number of unbranched alkanes of at least 4 members (excludes halogenated alkanes) is 1.